The van der Waals surface area contributed by atoms with Crippen LogP contribution in [0.3, 0.4) is 0 Å². The van der Waals surface area contributed by atoms with E-state index in [1.807, 2.05) is 13.8 Å². The molecule has 0 aliphatic carbocycles. The molecule has 1 rings (SSSR count). The molecule has 116 valence electrons. The van der Waals surface area contributed by atoms with Crippen LogP contribution in [0.4, 0.5) is 0 Å². The number of piperidine rings is 1. The first kappa shape index (κ1) is 17.0. The number of nitrogens with one attached hydrogen (secondary N) is 2. The first-order valence-corrected chi connectivity index (χ1v) is 7.87. The number of amides is 2. The third-order valence-corrected chi connectivity index (χ3v) is 3.68. The summed E-state index contributed by atoms with van der Waals surface area (Å²) < 4.78 is 0. The summed E-state index contributed by atoms with van der Waals surface area (Å²) in [6.07, 6.45) is 3.77. The van der Waals surface area contributed by atoms with Crippen molar-refractivity contribution in [2.24, 2.45) is 5.92 Å². The third-order valence-electron chi connectivity index (χ3n) is 3.68. The second kappa shape index (κ2) is 8.95. The quantitative estimate of drug-likeness (QED) is 0.736. The van der Waals surface area contributed by atoms with Crippen LogP contribution < -0.4 is 10.6 Å². The molecule has 1 saturated heterocycles. The average Bonchev–Trinajstić information content (AvgIpc) is 2.44. The highest BCUT2D eigenvalue weighted by Gasteiger charge is 2.28. The summed E-state index contributed by atoms with van der Waals surface area (Å²) in [5.41, 5.74) is 0. The van der Waals surface area contributed by atoms with E-state index >= 15 is 0 Å². The highest BCUT2D eigenvalue weighted by atomic mass is 16.2. The molecule has 2 amide bonds. The molecule has 2 N–H and O–H groups in total. The average molecular weight is 283 g/mol. The lowest BCUT2D eigenvalue weighted by atomic mass is 9.93. The van der Waals surface area contributed by atoms with Gasteiger partial charge in [-0.2, -0.15) is 0 Å². The molecule has 0 radical (unpaired) electrons. The van der Waals surface area contributed by atoms with Crippen molar-refractivity contribution in [3.8, 4) is 0 Å². The lowest BCUT2D eigenvalue weighted by Gasteiger charge is -2.32. The standard InChI is InChI=1S/C15H29N3O2/c1-4-7-17-14(19)11-18(9-5-2)15(20)13-10-12(3)6-8-16-13/h12-13,16H,4-11H2,1-3H3,(H,17,19). The van der Waals surface area contributed by atoms with Gasteiger partial charge in [0.2, 0.25) is 11.8 Å². The van der Waals surface area contributed by atoms with E-state index in [-0.39, 0.29) is 24.4 Å². The van der Waals surface area contributed by atoms with E-state index in [0.29, 0.717) is 19.0 Å². The predicted molar refractivity (Wildman–Crippen MR) is 80.4 cm³/mol. The van der Waals surface area contributed by atoms with Gasteiger partial charge in [-0.05, 0) is 38.1 Å². The number of carbonyl (C=O) groups excluding carboxylic acids is 2. The lowest BCUT2D eigenvalue weighted by Crippen LogP contribution is -2.52. The van der Waals surface area contributed by atoms with Gasteiger partial charge in [0.25, 0.3) is 0 Å². The molecule has 1 heterocycles. The molecule has 0 saturated carbocycles. The Morgan fingerprint density at radius 3 is 2.65 bits per heavy atom. The fraction of sp³-hybridized carbons (Fsp3) is 0.867. The van der Waals surface area contributed by atoms with Gasteiger partial charge in [0.15, 0.2) is 0 Å². The molecule has 1 aliphatic heterocycles. The van der Waals surface area contributed by atoms with Crippen LogP contribution in [0, 0.1) is 5.92 Å². The van der Waals surface area contributed by atoms with Crippen molar-refractivity contribution in [2.45, 2.75) is 52.5 Å². The number of hydrogen-bond donors (Lipinski definition) is 2. The minimum absolute atomic E-state index is 0.0579. The van der Waals surface area contributed by atoms with Crippen LogP contribution >= 0.6 is 0 Å². The van der Waals surface area contributed by atoms with Crippen LogP contribution in [0.15, 0.2) is 0 Å². The maximum absolute atomic E-state index is 12.5. The van der Waals surface area contributed by atoms with Crippen LogP contribution in [0.2, 0.25) is 0 Å². The second-order valence-electron chi connectivity index (χ2n) is 5.75. The van der Waals surface area contributed by atoms with Gasteiger partial charge in [0, 0.05) is 13.1 Å². The van der Waals surface area contributed by atoms with Gasteiger partial charge in [0.05, 0.1) is 12.6 Å². The molecule has 0 spiro atoms. The maximum Gasteiger partial charge on any atom is 0.240 e. The molecule has 1 fully saturated rings. The van der Waals surface area contributed by atoms with E-state index in [0.717, 1.165) is 32.2 Å². The summed E-state index contributed by atoms with van der Waals surface area (Å²) in [6.45, 7) is 8.61. The van der Waals surface area contributed by atoms with Crippen molar-refractivity contribution >= 4 is 11.8 Å². The highest BCUT2D eigenvalue weighted by Crippen LogP contribution is 2.16. The Bertz CT molecular complexity index is 320. The van der Waals surface area contributed by atoms with E-state index in [2.05, 4.69) is 17.6 Å². The molecule has 0 aromatic rings. The van der Waals surface area contributed by atoms with Gasteiger partial charge < -0.3 is 15.5 Å². The predicted octanol–water partition coefficient (Wildman–Crippen LogP) is 1.14. The van der Waals surface area contributed by atoms with Gasteiger partial charge in [-0.1, -0.05) is 20.8 Å². The smallest absolute Gasteiger partial charge is 0.240 e. The molecule has 2 unspecified atom stereocenters. The highest BCUT2D eigenvalue weighted by molar-refractivity contribution is 5.87. The summed E-state index contributed by atoms with van der Waals surface area (Å²) in [7, 11) is 0. The van der Waals surface area contributed by atoms with Crippen molar-refractivity contribution in [1.29, 1.82) is 0 Å². The van der Waals surface area contributed by atoms with Crippen molar-refractivity contribution in [2.75, 3.05) is 26.2 Å². The molecule has 5 nitrogen and oxygen atoms in total. The van der Waals surface area contributed by atoms with Crippen LogP contribution in [0.1, 0.15) is 46.5 Å². The van der Waals surface area contributed by atoms with Crippen molar-refractivity contribution in [3.05, 3.63) is 0 Å². The van der Waals surface area contributed by atoms with E-state index in [9.17, 15) is 9.59 Å². The Balaban J connectivity index is 2.55. The molecule has 0 bridgehead atoms. The maximum atomic E-state index is 12.5. The molecule has 0 aromatic heterocycles. The van der Waals surface area contributed by atoms with Gasteiger partial charge in [-0.15, -0.1) is 0 Å². The molecular formula is C15H29N3O2. The Morgan fingerprint density at radius 1 is 1.30 bits per heavy atom. The van der Waals surface area contributed by atoms with E-state index in [1.165, 1.54) is 0 Å². The Morgan fingerprint density at radius 2 is 2.05 bits per heavy atom. The third kappa shape index (κ3) is 5.49. The Kier molecular flexibility index (Phi) is 7.59. The van der Waals surface area contributed by atoms with Crippen LogP contribution in [0.5, 0.6) is 0 Å². The topological polar surface area (TPSA) is 61.4 Å². The monoisotopic (exact) mass is 283 g/mol. The Hall–Kier alpha value is -1.10. The molecule has 1 aliphatic rings. The van der Waals surface area contributed by atoms with E-state index in [1.54, 1.807) is 4.90 Å². The largest absolute Gasteiger partial charge is 0.355 e. The van der Waals surface area contributed by atoms with Gasteiger partial charge in [-0.25, -0.2) is 0 Å². The Labute approximate surface area is 122 Å². The minimum atomic E-state index is -0.121. The number of carbonyl (C=O) groups is 2. The molecule has 2 atom stereocenters. The first-order valence-electron chi connectivity index (χ1n) is 7.87. The SMILES string of the molecule is CCCNC(=O)CN(CCC)C(=O)C1CC(C)CCN1. The van der Waals surface area contributed by atoms with Gasteiger partial charge in [-0.3, -0.25) is 9.59 Å². The fourth-order valence-corrected chi connectivity index (χ4v) is 2.55. The molecule has 0 aromatic carbocycles. The van der Waals surface area contributed by atoms with E-state index < -0.39 is 0 Å². The second-order valence-corrected chi connectivity index (χ2v) is 5.75. The van der Waals surface area contributed by atoms with Crippen LogP contribution in [0.25, 0.3) is 0 Å². The summed E-state index contributed by atoms with van der Waals surface area (Å²) >= 11 is 0. The molecular weight excluding hydrogens is 254 g/mol. The van der Waals surface area contributed by atoms with Crippen molar-refractivity contribution in [3.63, 3.8) is 0 Å². The van der Waals surface area contributed by atoms with Gasteiger partial charge in [0.1, 0.15) is 0 Å². The van der Waals surface area contributed by atoms with Crippen molar-refractivity contribution in [1.82, 2.24) is 15.5 Å². The van der Waals surface area contributed by atoms with Crippen molar-refractivity contribution < 1.29 is 9.59 Å². The zero-order chi connectivity index (χ0) is 15.0. The number of hydrogen-bond acceptors (Lipinski definition) is 3. The zero-order valence-corrected chi connectivity index (χ0v) is 13.1. The summed E-state index contributed by atoms with van der Waals surface area (Å²) in [4.78, 5) is 26.0. The summed E-state index contributed by atoms with van der Waals surface area (Å²) in [6, 6.07) is -0.121. The number of nitrogens with zero attached hydrogens (tertiary/aromatic N) is 1. The van der Waals surface area contributed by atoms with E-state index in [4.69, 9.17) is 0 Å². The number of rotatable bonds is 7. The van der Waals surface area contributed by atoms with Crippen LogP contribution in [-0.4, -0.2) is 48.9 Å². The summed E-state index contributed by atoms with van der Waals surface area (Å²) in [5.74, 6) is 0.588. The zero-order valence-electron chi connectivity index (χ0n) is 13.1. The first-order chi connectivity index (χ1) is 9.58. The normalized spacial score (nSPS) is 22.4. The molecule has 20 heavy (non-hydrogen) atoms. The van der Waals surface area contributed by atoms with Crippen LogP contribution in [-0.2, 0) is 9.59 Å². The molecule has 5 heteroatoms. The lowest BCUT2D eigenvalue weighted by molar-refractivity contribution is -0.138. The fourth-order valence-electron chi connectivity index (χ4n) is 2.55. The minimum Gasteiger partial charge on any atom is -0.355 e. The summed E-state index contributed by atoms with van der Waals surface area (Å²) in [5, 5.41) is 6.12. The van der Waals surface area contributed by atoms with Gasteiger partial charge >= 0.3 is 0 Å².